The quantitative estimate of drug-likeness (QED) is 0.350. The molecule has 6 rings (SSSR count). The van der Waals surface area contributed by atoms with E-state index in [1.807, 2.05) is 35.3 Å². The zero-order valence-corrected chi connectivity index (χ0v) is 22.9. The second-order valence-corrected chi connectivity index (χ2v) is 10.9. The van der Waals surface area contributed by atoms with Gasteiger partial charge < -0.3 is 15.0 Å². The molecule has 202 valence electrons. The lowest BCUT2D eigenvalue weighted by atomic mass is 9.93. The van der Waals surface area contributed by atoms with E-state index in [1.165, 1.54) is 5.69 Å². The van der Waals surface area contributed by atoms with E-state index < -0.39 is 0 Å². The Balaban J connectivity index is 1.10. The summed E-state index contributed by atoms with van der Waals surface area (Å²) >= 11 is 0. The number of anilines is 3. The highest BCUT2D eigenvalue weighted by Crippen LogP contribution is 2.33. The van der Waals surface area contributed by atoms with Gasteiger partial charge in [-0.05, 0) is 63.2 Å². The summed E-state index contributed by atoms with van der Waals surface area (Å²) in [5, 5.41) is 8.13. The van der Waals surface area contributed by atoms with Crippen LogP contribution < -0.4 is 10.2 Å². The topological polar surface area (TPSA) is 84.2 Å². The molecule has 1 atom stereocenters. The Morgan fingerprint density at radius 1 is 1.03 bits per heavy atom. The van der Waals surface area contributed by atoms with Gasteiger partial charge in [-0.25, -0.2) is 9.97 Å². The summed E-state index contributed by atoms with van der Waals surface area (Å²) in [6, 6.07) is 14.4. The van der Waals surface area contributed by atoms with Crippen LogP contribution in [0.3, 0.4) is 0 Å². The van der Waals surface area contributed by atoms with E-state index in [9.17, 15) is 0 Å². The van der Waals surface area contributed by atoms with Gasteiger partial charge in [0.05, 0.1) is 17.4 Å². The lowest BCUT2D eigenvalue weighted by molar-refractivity contribution is -0.190. The summed E-state index contributed by atoms with van der Waals surface area (Å²) in [6.45, 7) is 12.4. The Morgan fingerprint density at radius 3 is 2.51 bits per heavy atom. The average molecular weight is 525 g/mol. The van der Waals surface area contributed by atoms with Crippen LogP contribution in [-0.2, 0) is 11.3 Å². The molecule has 0 saturated carbocycles. The van der Waals surface area contributed by atoms with Gasteiger partial charge in [-0.2, -0.15) is 5.10 Å². The fourth-order valence-electron chi connectivity index (χ4n) is 5.51. The largest absolute Gasteiger partial charge is 0.371 e. The molecule has 2 aliphatic rings. The number of pyridine rings is 1. The van der Waals surface area contributed by atoms with Crippen LogP contribution in [0.25, 0.3) is 22.5 Å². The first kappa shape index (κ1) is 25.5. The third-order valence-corrected chi connectivity index (χ3v) is 7.48. The smallest absolute Gasteiger partial charge is 0.227 e. The summed E-state index contributed by atoms with van der Waals surface area (Å²) in [5.41, 5.74) is 5.86. The third-order valence-electron chi connectivity index (χ3n) is 7.48. The van der Waals surface area contributed by atoms with Crippen LogP contribution in [0.2, 0.25) is 0 Å². The number of hydrogen-bond donors (Lipinski definition) is 1. The Morgan fingerprint density at radius 2 is 1.82 bits per heavy atom. The number of rotatable bonds is 8. The molecule has 0 bridgehead atoms. The lowest BCUT2D eigenvalue weighted by Crippen LogP contribution is -2.54. The van der Waals surface area contributed by atoms with Crippen LogP contribution in [0.4, 0.5) is 17.3 Å². The summed E-state index contributed by atoms with van der Waals surface area (Å²) in [5.74, 6) is 0.552. The molecule has 0 aliphatic carbocycles. The van der Waals surface area contributed by atoms with Crippen LogP contribution >= 0.6 is 0 Å². The molecule has 1 unspecified atom stereocenters. The monoisotopic (exact) mass is 524 g/mol. The second kappa shape index (κ2) is 10.7. The molecular formula is C30H36N8O. The fourth-order valence-corrected chi connectivity index (χ4v) is 5.51. The van der Waals surface area contributed by atoms with Crippen molar-refractivity contribution in [3.8, 4) is 22.5 Å². The van der Waals surface area contributed by atoms with E-state index in [-0.39, 0.29) is 5.60 Å². The molecule has 1 aromatic carbocycles. The number of nitrogens with one attached hydrogen (secondary N) is 1. The van der Waals surface area contributed by atoms with Gasteiger partial charge in [-0.3, -0.25) is 14.6 Å². The first-order valence-corrected chi connectivity index (χ1v) is 13.8. The second-order valence-electron chi connectivity index (χ2n) is 10.9. The number of piperazine rings is 1. The normalized spacial score (nSPS) is 19.1. The van der Waals surface area contributed by atoms with E-state index in [2.05, 4.69) is 70.1 Å². The minimum absolute atomic E-state index is 0.0652. The maximum Gasteiger partial charge on any atom is 0.227 e. The van der Waals surface area contributed by atoms with Crippen molar-refractivity contribution in [1.29, 1.82) is 0 Å². The molecule has 5 heterocycles. The molecule has 3 aromatic heterocycles. The van der Waals surface area contributed by atoms with Gasteiger partial charge in [0.1, 0.15) is 5.69 Å². The highest BCUT2D eigenvalue weighted by molar-refractivity contribution is 5.78. The zero-order chi connectivity index (χ0) is 26.8. The minimum atomic E-state index is 0.0652. The molecule has 2 fully saturated rings. The van der Waals surface area contributed by atoms with Gasteiger partial charge in [-0.15, -0.1) is 0 Å². The van der Waals surface area contributed by atoms with Crippen LogP contribution in [-0.4, -0.2) is 74.1 Å². The highest BCUT2D eigenvalue weighted by atomic mass is 16.5. The summed E-state index contributed by atoms with van der Waals surface area (Å²) < 4.78 is 7.91. The Hall–Kier alpha value is -3.82. The van der Waals surface area contributed by atoms with Crippen LogP contribution in [0.1, 0.15) is 27.2 Å². The van der Waals surface area contributed by atoms with Gasteiger partial charge in [0.15, 0.2) is 0 Å². The maximum absolute atomic E-state index is 5.99. The van der Waals surface area contributed by atoms with Crippen molar-refractivity contribution in [2.75, 3.05) is 42.9 Å². The molecule has 1 N–H and O–H groups in total. The van der Waals surface area contributed by atoms with Gasteiger partial charge in [0.2, 0.25) is 5.95 Å². The Labute approximate surface area is 229 Å². The van der Waals surface area contributed by atoms with Gasteiger partial charge in [0.25, 0.3) is 0 Å². The van der Waals surface area contributed by atoms with E-state index >= 15 is 0 Å². The lowest BCUT2D eigenvalue weighted by Gasteiger charge is -2.46. The molecule has 39 heavy (non-hydrogen) atoms. The third kappa shape index (κ3) is 5.79. The fraction of sp³-hybridized carbons (Fsp3) is 0.400. The van der Waals surface area contributed by atoms with Crippen molar-refractivity contribution in [1.82, 2.24) is 29.6 Å². The number of ether oxygens (including phenoxy) is 1. The molecule has 0 spiro atoms. The van der Waals surface area contributed by atoms with Crippen molar-refractivity contribution in [2.45, 2.75) is 45.4 Å². The molecule has 4 aromatic rings. The zero-order valence-electron chi connectivity index (χ0n) is 22.9. The first-order chi connectivity index (χ1) is 19.0. The summed E-state index contributed by atoms with van der Waals surface area (Å²) in [4.78, 5) is 18.5. The van der Waals surface area contributed by atoms with Crippen molar-refractivity contribution in [3.63, 3.8) is 0 Å². The number of aromatic nitrogens is 5. The van der Waals surface area contributed by atoms with Gasteiger partial charge in [-0.1, -0.05) is 0 Å². The van der Waals surface area contributed by atoms with Crippen molar-refractivity contribution < 1.29 is 4.74 Å². The molecule has 2 saturated heterocycles. The van der Waals surface area contributed by atoms with Gasteiger partial charge >= 0.3 is 0 Å². The minimum Gasteiger partial charge on any atom is -0.371 e. The van der Waals surface area contributed by atoms with Gasteiger partial charge in [0, 0.05) is 93.0 Å². The first-order valence-electron chi connectivity index (χ1n) is 13.8. The molecule has 9 heteroatoms. The Kier molecular flexibility index (Phi) is 7.01. The molecule has 2 aliphatic heterocycles. The Bertz CT molecular complexity index is 1390. The average Bonchev–Trinajstić information content (AvgIpc) is 3.39. The van der Waals surface area contributed by atoms with E-state index in [1.54, 1.807) is 12.4 Å². The molecule has 0 amide bonds. The van der Waals surface area contributed by atoms with E-state index in [0.29, 0.717) is 12.1 Å². The van der Waals surface area contributed by atoms with Crippen molar-refractivity contribution >= 4 is 17.3 Å². The van der Waals surface area contributed by atoms with Crippen LogP contribution in [0, 0.1) is 0 Å². The van der Waals surface area contributed by atoms with Crippen LogP contribution in [0.15, 0.2) is 67.3 Å². The molecule has 0 radical (unpaired) electrons. The van der Waals surface area contributed by atoms with E-state index in [4.69, 9.17) is 14.8 Å². The standard InChI is InChI=1S/C30H36N8O/c1-4-38-21-26(28(35-38)22-6-5-12-31-19-22)27-11-13-32-29(34-27)33-23-7-9-24(10-8-23)37-16-14-36(15-17-37)20-25-18-30(2,3)39-25/h5-13,19,21,25H,4,14-18,20H2,1-3H3,(H,32,33,34). The maximum atomic E-state index is 5.99. The number of nitrogens with zero attached hydrogens (tertiary/aromatic N) is 7. The number of benzene rings is 1. The summed E-state index contributed by atoms with van der Waals surface area (Å²) in [7, 11) is 0. The SMILES string of the molecule is CCn1cc(-c2ccnc(Nc3ccc(N4CCN(CC5CC(C)(C)O5)CC4)cc3)n2)c(-c2cccnc2)n1. The van der Waals surface area contributed by atoms with Crippen molar-refractivity contribution in [2.24, 2.45) is 0 Å². The number of hydrogen-bond acceptors (Lipinski definition) is 8. The predicted molar refractivity (Wildman–Crippen MR) is 154 cm³/mol. The van der Waals surface area contributed by atoms with Crippen LogP contribution in [0.5, 0.6) is 0 Å². The van der Waals surface area contributed by atoms with E-state index in [0.717, 1.165) is 73.9 Å². The highest BCUT2D eigenvalue weighted by Gasteiger charge is 2.38. The number of aryl methyl sites for hydroxylation is 1. The predicted octanol–water partition coefficient (Wildman–Crippen LogP) is 4.86. The van der Waals surface area contributed by atoms with Crippen molar-refractivity contribution in [3.05, 3.63) is 67.3 Å². The summed E-state index contributed by atoms with van der Waals surface area (Å²) in [6.07, 6.45) is 8.96. The molecule has 9 nitrogen and oxygen atoms in total. The molecular weight excluding hydrogens is 488 g/mol.